The molecule has 0 spiro atoms. The topological polar surface area (TPSA) is 65.2 Å². The van der Waals surface area contributed by atoms with E-state index in [1.165, 1.54) is 0 Å². The first-order chi connectivity index (χ1) is 8.70. The highest BCUT2D eigenvalue weighted by atomic mass is 16.5. The fourth-order valence-corrected chi connectivity index (χ4v) is 2.37. The summed E-state index contributed by atoms with van der Waals surface area (Å²) in [6.07, 6.45) is 4.41. The molecule has 1 aliphatic rings. The molecule has 1 atom stereocenters. The fraction of sp³-hybridized carbons (Fsp3) is 0.769. The first-order valence-corrected chi connectivity index (χ1v) is 6.67. The summed E-state index contributed by atoms with van der Waals surface area (Å²) in [5, 5.41) is 3.85. The normalized spacial score (nSPS) is 18.1. The first-order valence-electron chi connectivity index (χ1n) is 6.67. The van der Waals surface area contributed by atoms with Gasteiger partial charge in [-0.2, -0.15) is 4.98 Å². The van der Waals surface area contributed by atoms with Gasteiger partial charge in [0, 0.05) is 12.5 Å². The van der Waals surface area contributed by atoms with Gasteiger partial charge < -0.3 is 9.26 Å². The average molecular weight is 252 g/mol. The standard InChI is InChI=1S/C13H20N2O3/c1-3-17-9(2)13-14-12(18-15-13)8-11(16)10-6-4-5-7-10/h9-10H,3-8H2,1-2H3. The maximum absolute atomic E-state index is 12.0. The van der Waals surface area contributed by atoms with Crippen LogP contribution in [0.1, 0.15) is 57.3 Å². The molecule has 0 bridgehead atoms. The first kappa shape index (κ1) is 13.2. The molecule has 100 valence electrons. The smallest absolute Gasteiger partial charge is 0.234 e. The minimum absolute atomic E-state index is 0.186. The fourth-order valence-electron chi connectivity index (χ4n) is 2.37. The van der Waals surface area contributed by atoms with Gasteiger partial charge in [0.15, 0.2) is 5.82 Å². The molecule has 1 heterocycles. The second-order valence-electron chi connectivity index (χ2n) is 4.77. The summed E-state index contributed by atoms with van der Waals surface area (Å²) >= 11 is 0. The zero-order chi connectivity index (χ0) is 13.0. The molecule has 1 fully saturated rings. The van der Waals surface area contributed by atoms with Crippen molar-refractivity contribution in [2.24, 2.45) is 5.92 Å². The number of Topliss-reactive ketones (excluding diaryl/α,β-unsaturated/α-hetero) is 1. The number of carbonyl (C=O) groups is 1. The largest absolute Gasteiger partial charge is 0.371 e. The van der Waals surface area contributed by atoms with E-state index >= 15 is 0 Å². The summed E-state index contributed by atoms with van der Waals surface area (Å²) < 4.78 is 10.5. The van der Waals surface area contributed by atoms with Crippen LogP contribution < -0.4 is 0 Å². The van der Waals surface area contributed by atoms with Crippen LogP contribution in [0.25, 0.3) is 0 Å². The van der Waals surface area contributed by atoms with Gasteiger partial charge in [-0.05, 0) is 26.7 Å². The molecule has 5 nitrogen and oxygen atoms in total. The highest BCUT2D eigenvalue weighted by molar-refractivity contribution is 5.82. The molecular formula is C13H20N2O3. The second-order valence-corrected chi connectivity index (χ2v) is 4.77. The van der Waals surface area contributed by atoms with E-state index in [0.29, 0.717) is 18.3 Å². The van der Waals surface area contributed by atoms with E-state index in [4.69, 9.17) is 9.26 Å². The molecule has 0 saturated heterocycles. The van der Waals surface area contributed by atoms with Crippen LogP contribution in [0.5, 0.6) is 0 Å². The molecular weight excluding hydrogens is 232 g/mol. The lowest BCUT2D eigenvalue weighted by Gasteiger charge is -2.05. The van der Waals surface area contributed by atoms with E-state index < -0.39 is 0 Å². The van der Waals surface area contributed by atoms with Crippen LogP contribution in [0.15, 0.2) is 4.52 Å². The third-order valence-corrected chi connectivity index (χ3v) is 3.40. The van der Waals surface area contributed by atoms with Crippen LogP contribution in [-0.2, 0) is 16.0 Å². The quantitative estimate of drug-likeness (QED) is 0.778. The number of aromatic nitrogens is 2. The molecule has 1 aliphatic carbocycles. The Hall–Kier alpha value is -1.23. The molecule has 1 aromatic heterocycles. The number of ketones is 1. The van der Waals surface area contributed by atoms with Crippen molar-refractivity contribution in [3.05, 3.63) is 11.7 Å². The van der Waals surface area contributed by atoms with Gasteiger partial charge in [0.2, 0.25) is 5.89 Å². The zero-order valence-corrected chi connectivity index (χ0v) is 11.0. The number of carbonyl (C=O) groups excluding carboxylic acids is 1. The van der Waals surface area contributed by atoms with Crippen LogP contribution in [0.3, 0.4) is 0 Å². The lowest BCUT2D eigenvalue weighted by atomic mass is 10.0. The molecule has 18 heavy (non-hydrogen) atoms. The van der Waals surface area contributed by atoms with Crippen LogP contribution in [0.4, 0.5) is 0 Å². The summed E-state index contributed by atoms with van der Waals surface area (Å²) in [4.78, 5) is 16.2. The third-order valence-electron chi connectivity index (χ3n) is 3.40. The van der Waals surface area contributed by atoms with Crippen LogP contribution in [-0.4, -0.2) is 22.5 Å². The van der Waals surface area contributed by atoms with Crippen molar-refractivity contribution < 1.29 is 14.1 Å². The van der Waals surface area contributed by atoms with Crippen LogP contribution in [0.2, 0.25) is 0 Å². The molecule has 0 aliphatic heterocycles. The van der Waals surface area contributed by atoms with Crippen molar-refractivity contribution in [3.63, 3.8) is 0 Å². The Morgan fingerprint density at radius 1 is 1.50 bits per heavy atom. The zero-order valence-electron chi connectivity index (χ0n) is 11.0. The predicted molar refractivity (Wildman–Crippen MR) is 65.0 cm³/mol. The second kappa shape index (κ2) is 6.09. The third kappa shape index (κ3) is 3.16. The van der Waals surface area contributed by atoms with Gasteiger partial charge in [0.05, 0.1) is 6.42 Å². The van der Waals surface area contributed by atoms with Crippen molar-refractivity contribution >= 4 is 5.78 Å². The van der Waals surface area contributed by atoms with E-state index in [1.807, 2.05) is 13.8 Å². The Kier molecular flexibility index (Phi) is 4.47. The van der Waals surface area contributed by atoms with E-state index in [1.54, 1.807) is 0 Å². The molecule has 0 N–H and O–H groups in total. The van der Waals surface area contributed by atoms with Crippen molar-refractivity contribution in [1.29, 1.82) is 0 Å². The predicted octanol–water partition coefficient (Wildman–Crippen LogP) is 2.47. The summed E-state index contributed by atoms with van der Waals surface area (Å²) in [6, 6.07) is 0. The van der Waals surface area contributed by atoms with Crippen LogP contribution in [0, 0.1) is 5.92 Å². The summed E-state index contributed by atoms with van der Waals surface area (Å²) in [7, 11) is 0. The Morgan fingerprint density at radius 3 is 2.89 bits per heavy atom. The van der Waals surface area contributed by atoms with Gasteiger partial charge in [-0.3, -0.25) is 4.79 Å². The summed E-state index contributed by atoms with van der Waals surface area (Å²) in [5.41, 5.74) is 0. The highest BCUT2D eigenvalue weighted by Crippen LogP contribution is 2.26. The number of hydrogen-bond acceptors (Lipinski definition) is 5. The van der Waals surface area contributed by atoms with E-state index in [9.17, 15) is 4.79 Å². The van der Waals surface area contributed by atoms with Gasteiger partial charge in [-0.15, -0.1) is 0 Å². The van der Waals surface area contributed by atoms with Gasteiger partial charge in [0.1, 0.15) is 11.9 Å². The number of nitrogens with zero attached hydrogens (tertiary/aromatic N) is 2. The summed E-state index contributed by atoms with van der Waals surface area (Å²) in [5.74, 6) is 1.36. The minimum atomic E-state index is -0.186. The Balaban J connectivity index is 1.91. The lowest BCUT2D eigenvalue weighted by Crippen LogP contribution is -2.13. The van der Waals surface area contributed by atoms with E-state index in [0.717, 1.165) is 25.7 Å². The molecule has 0 aromatic carbocycles. The molecule has 0 radical (unpaired) electrons. The minimum Gasteiger partial charge on any atom is -0.371 e. The Labute approximate surface area is 107 Å². The average Bonchev–Trinajstić information content (AvgIpc) is 2.99. The van der Waals surface area contributed by atoms with Crippen molar-refractivity contribution in [2.45, 2.75) is 52.1 Å². The Morgan fingerprint density at radius 2 is 2.22 bits per heavy atom. The molecule has 2 rings (SSSR count). The molecule has 5 heteroatoms. The Bertz CT molecular complexity index is 397. The number of hydrogen-bond donors (Lipinski definition) is 0. The molecule has 1 aromatic rings. The number of rotatable bonds is 6. The molecule has 0 amide bonds. The lowest BCUT2D eigenvalue weighted by molar-refractivity contribution is -0.122. The number of ether oxygens (including phenoxy) is 1. The highest BCUT2D eigenvalue weighted by Gasteiger charge is 2.24. The molecule has 1 saturated carbocycles. The van der Waals surface area contributed by atoms with Gasteiger partial charge in [0.25, 0.3) is 0 Å². The van der Waals surface area contributed by atoms with Crippen LogP contribution >= 0.6 is 0 Å². The van der Waals surface area contributed by atoms with Gasteiger partial charge in [-0.25, -0.2) is 0 Å². The van der Waals surface area contributed by atoms with Crippen molar-refractivity contribution in [1.82, 2.24) is 10.1 Å². The SMILES string of the molecule is CCOC(C)c1noc(CC(=O)C2CCCC2)n1. The van der Waals surface area contributed by atoms with E-state index in [2.05, 4.69) is 10.1 Å². The molecule has 1 unspecified atom stereocenters. The van der Waals surface area contributed by atoms with Gasteiger partial charge >= 0.3 is 0 Å². The van der Waals surface area contributed by atoms with Crippen molar-refractivity contribution in [2.75, 3.05) is 6.61 Å². The maximum atomic E-state index is 12.0. The van der Waals surface area contributed by atoms with E-state index in [-0.39, 0.29) is 24.2 Å². The summed E-state index contributed by atoms with van der Waals surface area (Å²) in [6.45, 7) is 4.39. The van der Waals surface area contributed by atoms with Gasteiger partial charge in [-0.1, -0.05) is 18.0 Å². The monoisotopic (exact) mass is 252 g/mol. The maximum Gasteiger partial charge on any atom is 0.234 e. The van der Waals surface area contributed by atoms with Crippen molar-refractivity contribution in [3.8, 4) is 0 Å².